The van der Waals surface area contributed by atoms with E-state index in [0.29, 0.717) is 0 Å². The number of fused-ring (bicyclic) bond motifs is 1. The average Bonchev–Trinajstić information content (AvgIpc) is 2.05. The largest absolute Gasteiger partial charge is 0.255 e. The van der Waals surface area contributed by atoms with Crippen LogP contribution in [0.25, 0.3) is 10.8 Å². The summed E-state index contributed by atoms with van der Waals surface area (Å²) in [7, 11) is 0. The van der Waals surface area contributed by atoms with Crippen LogP contribution < -0.4 is 0 Å². The standard InChI is InChI=1S/C10H6/c1-2-6-10-8-4-3-7-9(10)5-1/h1-3,5,7-8H/q-2. The molecule has 10 heavy (non-hydrogen) atoms. The van der Waals surface area contributed by atoms with E-state index in [4.69, 9.17) is 0 Å². The molecule has 0 aliphatic carbocycles. The predicted molar refractivity (Wildman–Crippen MR) is 41.6 cm³/mol. The fourth-order valence-electron chi connectivity index (χ4n) is 1.00. The summed E-state index contributed by atoms with van der Waals surface area (Å²) in [6.07, 6.45) is 0. The van der Waals surface area contributed by atoms with Crippen LogP contribution in [0.2, 0.25) is 0 Å². The van der Waals surface area contributed by atoms with Crippen molar-refractivity contribution in [2.24, 2.45) is 0 Å². The van der Waals surface area contributed by atoms with Crippen LogP contribution in [0, 0.1) is 12.1 Å². The first-order valence-corrected chi connectivity index (χ1v) is 3.23. The summed E-state index contributed by atoms with van der Waals surface area (Å²) < 4.78 is 0. The second kappa shape index (κ2) is 2.14. The number of hydrogen-bond donors (Lipinski definition) is 0. The summed E-state index contributed by atoms with van der Waals surface area (Å²) >= 11 is 0. The van der Waals surface area contributed by atoms with E-state index in [9.17, 15) is 0 Å². The smallest absolute Gasteiger partial charge is 0.145 e. The van der Waals surface area contributed by atoms with Crippen molar-refractivity contribution >= 4 is 10.8 Å². The summed E-state index contributed by atoms with van der Waals surface area (Å²) in [5, 5.41) is 2.35. The van der Waals surface area contributed by atoms with Gasteiger partial charge in [-0.3, -0.25) is 11.5 Å². The van der Waals surface area contributed by atoms with Gasteiger partial charge in [-0.1, -0.05) is 0 Å². The Labute approximate surface area is 60.1 Å². The van der Waals surface area contributed by atoms with Crippen molar-refractivity contribution in [1.29, 1.82) is 0 Å². The third-order valence-corrected chi connectivity index (χ3v) is 1.51. The summed E-state index contributed by atoms with van der Waals surface area (Å²) in [5.74, 6) is 0. The van der Waals surface area contributed by atoms with Crippen LogP contribution in [0.15, 0.2) is 36.4 Å². The minimum Gasteiger partial charge on any atom is -0.255 e. The molecule has 0 aromatic heterocycles. The van der Waals surface area contributed by atoms with Crippen LogP contribution in [0.3, 0.4) is 0 Å². The van der Waals surface area contributed by atoms with Gasteiger partial charge in [0.2, 0.25) is 0 Å². The molecule has 0 N–H and O–H groups in total. The zero-order valence-corrected chi connectivity index (χ0v) is 5.46. The second-order valence-corrected chi connectivity index (χ2v) is 2.18. The molecule has 0 atom stereocenters. The molecule has 0 bridgehead atoms. The lowest BCUT2D eigenvalue weighted by molar-refractivity contribution is 1.73. The van der Waals surface area contributed by atoms with Crippen molar-refractivity contribution in [2.45, 2.75) is 0 Å². The molecule has 0 aliphatic heterocycles. The number of hydrogen-bond acceptors (Lipinski definition) is 0. The fourth-order valence-corrected chi connectivity index (χ4v) is 1.00. The fraction of sp³-hybridized carbons (Fsp3) is 0. The number of rotatable bonds is 0. The molecule has 0 unspecified atom stereocenters. The van der Waals surface area contributed by atoms with Gasteiger partial charge >= 0.3 is 0 Å². The molecule has 48 valence electrons. The van der Waals surface area contributed by atoms with Gasteiger partial charge in [0.1, 0.15) is 0 Å². The lowest BCUT2D eigenvalue weighted by atomic mass is 10.1. The van der Waals surface area contributed by atoms with E-state index in [1.54, 1.807) is 0 Å². The number of benzene rings is 2. The highest BCUT2D eigenvalue weighted by atomic mass is 13.9. The van der Waals surface area contributed by atoms with Gasteiger partial charge in [-0.2, -0.15) is 18.2 Å². The quantitative estimate of drug-likeness (QED) is 0.475. The normalized spacial score (nSPS) is 10.0. The van der Waals surface area contributed by atoms with E-state index in [1.165, 1.54) is 5.39 Å². The molecule has 2 rings (SSSR count). The highest BCUT2D eigenvalue weighted by molar-refractivity contribution is 5.81. The monoisotopic (exact) mass is 126 g/mol. The van der Waals surface area contributed by atoms with Gasteiger partial charge in [-0.05, 0) is 0 Å². The van der Waals surface area contributed by atoms with Crippen molar-refractivity contribution < 1.29 is 0 Å². The predicted octanol–water partition coefficient (Wildman–Crippen LogP) is 2.44. The Bertz CT molecular complexity index is 271. The molecule has 0 nitrogen and oxygen atoms in total. The van der Waals surface area contributed by atoms with Gasteiger partial charge in [-0.15, -0.1) is 6.07 Å². The Kier molecular flexibility index (Phi) is 1.17. The molecule has 2 aromatic carbocycles. The van der Waals surface area contributed by atoms with Gasteiger partial charge < -0.3 is 0 Å². The van der Waals surface area contributed by atoms with E-state index in [2.05, 4.69) is 18.2 Å². The summed E-state index contributed by atoms with van der Waals surface area (Å²) in [6, 6.07) is 18.0. The van der Waals surface area contributed by atoms with Gasteiger partial charge in [0.05, 0.1) is 0 Å². The molecule has 0 saturated heterocycles. The average molecular weight is 126 g/mol. The highest BCUT2D eigenvalue weighted by Crippen LogP contribution is 2.10. The van der Waals surface area contributed by atoms with E-state index < -0.39 is 0 Å². The molecule has 0 radical (unpaired) electrons. The minimum absolute atomic E-state index is 1.13. The zero-order valence-electron chi connectivity index (χ0n) is 5.46. The Morgan fingerprint density at radius 2 is 2.10 bits per heavy atom. The molecular weight excluding hydrogens is 120 g/mol. The second-order valence-electron chi connectivity index (χ2n) is 2.18. The maximum Gasteiger partial charge on any atom is -0.145 e. The zero-order chi connectivity index (χ0) is 6.81. The molecule has 0 heteroatoms. The molecule has 0 spiro atoms. The van der Waals surface area contributed by atoms with Crippen molar-refractivity contribution in [3.63, 3.8) is 0 Å². The summed E-state index contributed by atoms with van der Waals surface area (Å²) in [4.78, 5) is 0. The van der Waals surface area contributed by atoms with E-state index >= 15 is 0 Å². The van der Waals surface area contributed by atoms with E-state index in [-0.39, 0.29) is 0 Å². The Hall–Kier alpha value is -1.30. The molecule has 0 heterocycles. The first-order chi connectivity index (χ1) is 4.97. The Morgan fingerprint density at radius 3 is 3.00 bits per heavy atom. The van der Waals surface area contributed by atoms with Gasteiger partial charge in [-0.25, -0.2) is 23.6 Å². The maximum atomic E-state index is 3.12. The van der Waals surface area contributed by atoms with E-state index in [1.807, 2.05) is 30.3 Å². The van der Waals surface area contributed by atoms with Gasteiger partial charge in [0.15, 0.2) is 0 Å². The summed E-state index contributed by atoms with van der Waals surface area (Å²) in [6.45, 7) is 0. The summed E-state index contributed by atoms with van der Waals surface area (Å²) in [5.41, 5.74) is 0. The SMILES string of the molecule is [c-]1ccc2ccc[c-]c2c1. The van der Waals surface area contributed by atoms with Crippen molar-refractivity contribution in [1.82, 2.24) is 0 Å². The molecule has 0 saturated carbocycles. The van der Waals surface area contributed by atoms with E-state index in [0.717, 1.165) is 5.39 Å². The molecule has 0 fully saturated rings. The first kappa shape index (κ1) is 5.48. The highest BCUT2D eigenvalue weighted by Gasteiger charge is 1.67. The first-order valence-electron chi connectivity index (χ1n) is 3.23. The third-order valence-electron chi connectivity index (χ3n) is 1.51. The molecule has 0 amide bonds. The van der Waals surface area contributed by atoms with Crippen LogP contribution in [0.5, 0.6) is 0 Å². The topological polar surface area (TPSA) is 0 Å². The molecular formula is C10H6-2. The van der Waals surface area contributed by atoms with Gasteiger partial charge in [0.25, 0.3) is 0 Å². The third kappa shape index (κ3) is 0.781. The maximum absolute atomic E-state index is 3.12. The lowest BCUT2D eigenvalue weighted by Crippen LogP contribution is -1.68. The van der Waals surface area contributed by atoms with Crippen LogP contribution in [0.1, 0.15) is 0 Å². The van der Waals surface area contributed by atoms with Crippen LogP contribution >= 0.6 is 0 Å². The Balaban J connectivity index is 2.89. The van der Waals surface area contributed by atoms with Crippen molar-refractivity contribution in [3.8, 4) is 0 Å². The van der Waals surface area contributed by atoms with Crippen molar-refractivity contribution in [3.05, 3.63) is 48.5 Å². The minimum atomic E-state index is 1.13. The Morgan fingerprint density at radius 1 is 1.10 bits per heavy atom. The molecule has 2 aromatic rings. The van der Waals surface area contributed by atoms with Gasteiger partial charge in [0, 0.05) is 0 Å². The van der Waals surface area contributed by atoms with Crippen LogP contribution in [0.4, 0.5) is 0 Å². The molecule has 0 aliphatic rings. The van der Waals surface area contributed by atoms with Crippen molar-refractivity contribution in [2.75, 3.05) is 0 Å². The van der Waals surface area contributed by atoms with Crippen LogP contribution in [-0.2, 0) is 0 Å². The lowest BCUT2D eigenvalue weighted by Gasteiger charge is -2.10. The van der Waals surface area contributed by atoms with Crippen LogP contribution in [-0.4, -0.2) is 0 Å².